The second-order valence-electron chi connectivity index (χ2n) is 3.03. The first-order chi connectivity index (χ1) is 7.79. The molecule has 2 nitrogen and oxygen atoms in total. The Morgan fingerprint density at radius 3 is 2.81 bits per heavy atom. The van der Waals surface area contributed by atoms with Crippen LogP contribution in [-0.2, 0) is 0 Å². The second-order valence-corrected chi connectivity index (χ2v) is 4.50. The maximum Gasteiger partial charge on any atom is 0.102 e. The van der Waals surface area contributed by atoms with Crippen LogP contribution in [0.25, 0.3) is 0 Å². The SMILES string of the molecule is N#Cc1ccnc(Sc2ccccc2Cl)c1. The summed E-state index contributed by atoms with van der Waals surface area (Å²) in [5.41, 5.74) is 0.601. The molecule has 2 aromatic rings. The monoisotopic (exact) mass is 246 g/mol. The zero-order valence-corrected chi connectivity index (χ0v) is 9.79. The van der Waals surface area contributed by atoms with Gasteiger partial charge in [0, 0.05) is 11.1 Å². The van der Waals surface area contributed by atoms with Gasteiger partial charge in [0.05, 0.1) is 16.7 Å². The van der Waals surface area contributed by atoms with Crippen LogP contribution in [0.3, 0.4) is 0 Å². The summed E-state index contributed by atoms with van der Waals surface area (Å²) in [6.45, 7) is 0. The highest BCUT2D eigenvalue weighted by Crippen LogP contribution is 2.31. The molecule has 0 spiro atoms. The Morgan fingerprint density at radius 1 is 1.25 bits per heavy atom. The first kappa shape index (κ1) is 11.0. The minimum absolute atomic E-state index is 0.601. The van der Waals surface area contributed by atoms with Crippen molar-refractivity contribution in [1.82, 2.24) is 4.98 Å². The van der Waals surface area contributed by atoms with E-state index in [2.05, 4.69) is 11.1 Å². The fourth-order valence-corrected chi connectivity index (χ4v) is 2.26. The summed E-state index contributed by atoms with van der Waals surface area (Å²) in [6, 6.07) is 13.1. The van der Waals surface area contributed by atoms with Crippen molar-refractivity contribution in [2.45, 2.75) is 9.92 Å². The maximum absolute atomic E-state index is 8.77. The fraction of sp³-hybridized carbons (Fsp3) is 0. The van der Waals surface area contributed by atoms with E-state index in [0.717, 1.165) is 9.92 Å². The van der Waals surface area contributed by atoms with E-state index < -0.39 is 0 Å². The number of pyridine rings is 1. The molecule has 0 fully saturated rings. The predicted octanol–water partition coefficient (Wildman–Crippen LogP) is 3.76. The largest absolute Gasteiger partial charge is 0.250 e. The van der Waals surface area contributed by atoms with E-state index in [-0.39, 0.29) is 0 Å². The van der Waals surface area contributed by atoms with Crippen molar-refractivity contribution in [1.29, 1.82) is 5.26 Å². The lowest BCUT2D eigenvalue weighted by molar-refractivity contribution is 1.12. The van der Waals surface area contributed by atoms with Crippen LogP contribution in [-0.4, -0.2) is 4.98 Å². The minimum Gasteiger partial charge on any atom is -0.250 e. The highest BCUT2D eigenvalue weighted by Gasteiger charge is 2.03. The molecule has 0 aliphatic rings. The Bertz CT molecular complexity index is 549. The van der Waals surface area contributed by atoms with Crippen LogP contribution in [0.1, 0.15) is 5.56 Å². The summed E-state index contributed by atoms with van der Waals surface area (Å²) < 4.78 is 0. The lowest BCUT2D eigenvalue weighted by atomic mass is 10.3. The summed E-state index contributed by atoms with van der Waals surface area (Å²) in [5, 5.41) is 10.2. The van der Waals surface area contributed by atoms with Crippen molar-refractivity contribution >= 4 is 23.4 Å². The molecule has 0 atom stereocenters. The summed E-state index contributed by atoms with van der Waals surface area (Å²) >= 11 is 7.48. The molecule has 2 rings (SSSR count). The van der Waals surface area contributed by atoms with Crippen LogP contribution in [0.2, 0.25) is 5.02 Å². The third-order valence-corrected chi connectivity index (χ3v) is 3.37. The van der Waals surface area contributed by atoms with E-state index in [1.165, 1.54) is 11.8 Å². The van der Waals surface area contributed by atoms with Gasteiger partial charge in [-0.05, 0) is 24.3 Å². The normalized spacial score (nSPS) is 9.75. The van der Waals surface area contributed by atoms with Gasteiger partial charge in [-0.2, -0.15) is 5.26 Å². The van der Waals surface area contributed by atoms with E-state index in [4.69, 9.17) is 16.9 Å². The molecule has 0 saturated heterocycles. The molecule has 78 valence electrons. The number of hydrogen-bond acceptors (Lipinski definition) is 3. The molecule has 0 aliphatic heterocycles. The molecular formula is C12H7ClN2S. The van der Waals surface area contributed by atoms with Crippen molar-refractivity contribution < 1.29 is 0 Å². The minimum atomic E-state index is 0.601. The Hall–Kier alpha value is -1.50. The Kier molecular flexibility index (Phi) is 3.45. The van der Waals surface area contributed by atoms with Gasteiger partial charge >= 0.3 is 0 Å². The lowest BCUT2D eigenvalue weighted by Crippen LogP contribution is -1.82. The highest BCUT2D eigenvalue weighted by molar-refractivity contribution is 7.99. The summed E-state index contributed by atoms with van der Waals surface area (Å²) in [6.07, 6.45) is 1.62. The lowest BCUT2D eigenvalue weighted by Gasteiger charge is -2.02. The number of benzene rings is 1. The zero-order chi connectivity index (χ0) is 11.4. The molecule has 16 heavy (non-hydrogen) atoms. The number of nitrogens with zero attached hydrogens (tertiary/aromatic N) is 2. The van der Waals surface area contributed by atoms with Crippen molar-refractivity contribution in [3.8, 4) is 6.07 Å². The molecule has 0 amide bonds. The molecule has 0 bridgehead atoms. The molecule has 4 heteroatoms. The van der Waals surface area contributed by atoms with Gasteiger partial charge in [-0.1, -0.05) is 35.5 Å². The number of rotatable bonds is 2. The predicted molar refractivity (Wildman–Crippen MR) is 64.5 cm³/mol. The average molecular weight is 247 g/mol. The molecule has 0 aliphatic carbocycles. The third kappa shape index (κ3) is 2.54. The number of hydrogen-bond donors (Lipinski definition) is 0. The van der Waals surface area contributed by atoms with Crippen molar-refractivity contribution in [2.24, 2.45) is 0 Å². The Morgan fingerprint density at radius 2 is 2.06 bits per heavy atom. The van der Waals surface area contributed by atoms with Gasteiger partial charge in [-0.25, -0.2) is 4.98 Å². The Labute approximate surface area is 103 Å². The maximum atomic E-state index is 8.77. The number of nitriles is 1. The zero-order valence-electron chi connectivity index (χ0n) is 8.22. The van der Waals surface area contributed by atoms with E-state index >= 15 is 0 Å². The van der Waals surface area contributed by atoms with Crippen LogP contribution >= 0.6 is 23.4 Å². The van der Waals surface area contributed by atoms with Crippen LogP contribution < -0.4 is 0 Å². The van der Waals surface area contributed by atoms with Gasteiger partial charge in [0.2, 0.25) is 0 Å². The van der Waals surface area contributed by atoms with E-state index in [1.807, 2.05) is 24.3 Å². The molecular weight excluding hydrogens is 240 g/mol. The smallest absolute Gasteiger partial charge is 0.102 e. The standard InChI is InChI=1S/C12H7ClN2S/c13-10-3-1-2-4-11(10)16-12-7-9(8-14)5-6-15-12/h1-7H. The van der Waals surface area contributed by atoms with Gasteiger partial charge in [-0.3, -0.25) is 0 Å². The van der Waals surface area contributed by atoms with Gasteiger partial charge in [-0.15, -0.1) is 0 Å². The Balaban J connectivity index is 2.28. The van der Waals surface area contributed by atoms with Crippen LogP contribution in [0.5, 0.6) is 0 Å². The van der Waals surface area contributed by atoms with Gasteiger partial charge < -0.3 is 0 Å². The van der Waals surface area contributed by atoms with Crippen molar-refractivity contribution in [3.63, 3.8) is 0 Å². The highest BCUT2D eigenvalue weighted by atomic mass is 35.5. The molecule has 0 radical (unpaired) electrons. The molecule has 0 unspecified atom stereocenters. The molecule has 0 saturated carbocycles. The van der Waals surface area contributed by atoms with Gasteiger partial charge in [0.1, 0.15) is 5.03 Å². The van der Waals surface area contributed by atoms with E-state index in [0.29, 0.717) is 10.6 Å². The van der Waals surface area contributed by atoms with Gasteiger partial charge in [0.25, 0.3) is 0 Å². The van der Waals surface area contributed by atoms with Crippen LogP contribution in [0.4, 0.5) is 0 Å². The summed E-state index contributed by atoms with van der Waals surface area (Å²) in [7, 11) is 0. The quantitative estimate of drug-likeness (QED) is 0.810. The second kappa shape index (κ2) is 5.02. The average Bonchev–Trinajstić information content (AvgIpc) is 2.32. The van der Waals surface area contributed by atoms with Crippen molar-refractivity contribution in [2.75, 3.05) is 0 Å². The van der Waals surface area contributed by atoms with Crippen molar-refractivity contribution in [3.05, 3.63) is 53.2 Å². The third-order valence-electron chi connectivity index (χ3n) is 1.92. The fourth-order valence-electron chi connectivity index (χ4n) is 1.17. The molecule has 0 N–H and O–H groups in total. The van der Waals surface area contributed by atoms with Crippen LogP contribution in [0.15, 0.2) is 52.5 Å². The summed E-state index contributed by atoms with van der Waals surface area (Å²) in [4.78, 5) is 5.11. The molecule has 1 aromatic heterocycles. The van der Waals surface area contributed by atoms with E-state index in [9.17, 15) is 0 Å². The number of halogens is 1. The first-order valence-corrected chi connectivity index (χ1v) is 5.77. The molecule has 1 heterocycles. The van der Waals surface area contributed by atoms with Gasteiger partial charge in [0.15, 0.2) is 0 Å². The molecule has 1 aromatic carbocycles. The van der Waals surface area contributed by atoms with E-state index in [1.54, 1.807) is 18.3 Å². The first-order valence-electron chi connectivity index (χ1n) is 4.58. The number of aromatic nitrogens is 1. The van der Waals surface area contributed by atoms with Crippen LogP contribution in [0, 0.1) is 11.3 Å². The summed E-state index contributed by atoms with van der Waals surface area (Å²) in [5.74, 6) is 0. The topological polar surface area (TPSA) is 36.7 Å².